The lowest BCUT2D eigenvalue weighted by Crippen LogP contribution is -2.41. The highest BCUT2D eigenvalue weighted by Gasteiger charge is 2.25. The molecule has 0 radical (unpaired) electrons. The molecule has 2 amide bonds. The van der Waals surface area contributed by atoms with Gasteiger partial charge in [0, 0.05) is 17.8 Å². The Labute approximate surface area is 184 Å². The van der Waals surface area contributed by atoms with E-state index in [4.69, 9.17) is 9.47 Å². The first-order chi connectivity index (χ1) is 15.6. The van der Waals surface area contributed by atoms with Crippen molar-refractivity contribution < 1.29 is 23.5 Å². The van der Waals surface area contributed by atoms with E-state index in [1.165, 1.54) is 18.2 Å². The van der Waals surface area contributed by atoms with Crippen LogP contribution in [-0.2, 0) is 9.59 Å². The van der Waals surface area contributed by atoms with E-state index in [-0.39, 0.29) is 24.2 Å². The number of carbonyl (C=O) groups excluding carboxylic acids is 2. The van der Waals surface area contributed by atoms with E-state index in [9.17, 15) is 14.0 Å². The van der Waals surface area contributed by atoms with Crippen LogP contribution in [0.5, 0.6) is 11.5 Å². The van der Waals surface area contributed by atoms with Crippen LogP contribution in [0.15, 0.2) is 78.9 Å². The number of ether oxygens (including phenoxy) is 2. The number of nitrogens with zero attached hydrogens (tertiary/aromatic N) is 1. The van der Waals surface area contributed by atoms with Crippen LogP contribution < -0.4 is 19.7 Å². The number of amides is 2. The summed E-state index contributed by atoms with van der Waals surface area (Å²) in [7, 11) is 0. The van der Waals surface area contributed by atoms with Gasteiger partial charge in [-0.2, -0.15) is 0 Å². The highest BCUT2D eigenvalue weighted by molar-refractivity contribution is 6.03. The number of halogens is 1. The fourth-order valence-electron chi connectivity index (χ4n) is 3.23. The summed E-state index contributed by atoms with van der Waals surface area (Å²) >= 11 is 0. The van der Waals surface area contributed by atoms with Crippen LogP contribution in [0.25, 0.3) is 6.08 Å². The molecule has 1 aliphatic heterocycles. The van der Waals surface area contributed by atoms with E-state index in [1.54, 1.807) is 41.3 Å². The molecule has 162 valence electrons. The third-order valence-corrected chi connectivity index (χ3v) is 4.79. The zero-order valence-corrected chi connectivity index (χ0v) is 17.2. The Morgan fingerprint density at radius 2 is 1.88 bits per heavy atom. The van der Waals surface area contributed by atoms with Crippen molar-refractivity contribution in [1.29, 1.82) is 0 Å². The Hall–Kier alpha value is -4.13. The summed E-state index contributed by atoms with van der Waals surface area (Å²) in [4.78, 5) is 26.2. The van der Waals surface area contributed by atoms with E-state index in [0.717, 1.165) is 5.75 Å². The lowest BCUT2D eigenvalue weighted by molar-refractivity contribution is -0.121. The maximum Gasteiger partial charge on any atom is 0.265 e. The lowest BCUT2D eigenvalue weighted by atomic mass is 10.2. The number of benzene rings is 3. The molecule has 0 spiro atoms. The molecule has 0 saturated carbocycles. The maximum absolute atomic E-state index is 13.0. The predicted molar refractivity (Wildman–Crippen MR) is 120 cm³/mol. The number of para-hydroxylation sites is 1. The van der Waals surface area contributed by atoms with Crippen molar-refractivity contribution in [2.45, 2.75) is 0 Å². The van der Waals surface area contributed by atoms with Gasteiger partial charge in [0.15, 0.2) is 6.61 Å². The molecule has 1 N–H and O–H groups in total. The highest BCUT2D eigenvalue weighted by atomic mass is 19.1. The van der Waals surface area contributed by atoms with Crippen LogP contribution in [0.3, 0.4) is 0 Å². The van der Waals surface area contributed by atoms with Crippen molar-refractivity contribution in [3.8, 4) is 11.5 Å². The Balaban J connectivity index is 1.39. The minimum Gasteiger partial charge on any atom is -0.492 e. The number of hydrogen-bond donors (Lipinski definition) is 1. The topological polar surface area (TPSA) is 67.9 Å². The van der Waals surface area contributed by atoms with Gasteiger partial charge >= 0.3 is 0 Å². The van der Waals surface area contributed by atoms with Crippen LogP contribution in [-0.4, -0.2) is 31.6 Å². The highest BCUT2D eigenvalue weighted by Crippen LogP contribution is 2.34. The Bertz CT molecular complexity index is 1130. The summed E-state index contributed by atoms with van der Waals surface area (Å²) in [6.45, 7) is 0.623. The number of carbonyl (C=O) groups is 2. The summed E-state index contributed by atoms with van der Waals surface area (Å²) < 4.78 is 24.2. The minimum absolute atomic E-state index is 0.0831. The summed E-state index contributed by atoms with van der Waals surface area (Å²) in [5.41, 5.74) is 1.87. The second-order valence-electron chi connectivity index (χ2n) is 7.05. The van der Waals surface area contributed by atoms with Gasteiger partial charge in [0.2, 0.25) is 5.91 Å². The summed E-state index contributed by atoms with van der Waals surface area (Å²) in [6, 6.07) is 20.3. The monoisotopic (exact) mass is 432 g/mol. The fraction of sp³-hybridized carbons (Fsp3) is 0.120. The molecular weight excluding hydrogens is 411 g/mol. The normalized spacial score (nSPS) is 12.9. The molecule has 0 aromatic heterocycles. The van der Waals surface area contributed by atoms with Gasteiger partial charge in [-0.15, -0.1) is 0 Å². The first-order valence-electron chi connectivity index (χ1n) is 10.1. The third kappa shape index (κ3) is 5.31. The molecule has 0 bridgehead atoms. The average molecular weight is 432 g/mol. The number of rotatable bonds is 7. The van der Waals surface area contributed by atoms with E-state index in [2.05, 4.69) is 5.32 Å². The van der Waals surface area contributed by atoms with Crippen LogP contribution in [0.1, 0.15) is 5.56 Å². The van der Waals surface area contributed by atoms with Gasteiger partial charge in [0.05, 0.1) is 12.2 Å². The minimum atomic E-state index is -0.339. The lowest BCUT2D eigenvalue weighted by Gasteiger charge is -2.29. The molecular formula is C25H21FN2O4. The van der Waals surface area contributed by atoms with Gasteiger partial charge < -0.3 is 19.7 Å². The van der Waals surface area contributed by atoms with Crippen LogP contribution in [0.4, 0.5) is 15.8 Å². The number of nitrogens with one attached hydrogen (secondary N) is 1. The Morgan fingerprint density at radius 1 is 1.09 bits per heavy atom. The molecule has 7 heteroatoms. The van der Waals surface area contributed by atoms with Crippen molar-refractivity contribution in [2.24, 2.45) is 0 Å². The molecule has 1 heterocycles. The fourth-order valence-corrected chi connectivity index (χ4v) is 3.23. The molecule has 3 aromatic rings. The molecule has 3 aromatic carbocycles. The molecule has 6 nitrogen and oxygen atoms in total. The molecule has 0 aliphatic carbocycles. The third-order valence-electron chi connectivity index (χ3n) is 4.79. The van der Waals surface area contributed by atoms with Crippen LogP contribution in [0, 0.1) is 5.82 Å². The Morgan fingerprint density at radius 3 is 2.66 bits per heavy atom. The molecule has 32 heavy (non-hydrogen) atoms. The van der Waals surface area contributed by atoms with Gasteiger partial charge in [-0.05, 0) is 48.0 Å². The molecule has 0 atom stereocenters. The van der Waals surface area contributed by atoms with Crippen molar-refractivity contribution in [1.82, 2.24) is 0 Å². The van der Waals surface area contributed by atoms with E-state index in [1.807, 2.05) is 30.3 Å². The number of anilines is 2. The second kappa shape index (κ2) is 9.78. The van der Waals surface area contributed by atoms with Crippen molar-refractivity contribution in [3.05, 3.63) is 90.3 Å². The van der Waals surface area contributed by atoms with E-state index in [0.29, 0.717) is 35.8 Å². The van der Waals surface area contributed by atoms with Crippen LogP contribution >= 0.6 is 0 Å². The summed E-state index contributed by atoms with van der Waals surface area (Å²) in [5, 5.41) is 2.76. The van der Waals surface area contributed by atoms with E-state index >= 15 is 0 Å². The smallest absolute Gasteiger partial charge is 0.265 e. The van der Waals surface area contributed by atoms with E-state index < -0.39 is 0 Å². The molecule has 0 fully saturated rings. The molecule has 4 rings (SSSR count). The first kappa shape index (κ1) is 21.1. The molecule has 1 aliphatic rings. The summed E-state index contributed by atoms with van der Waals surface area (Å²) in [6.07, 6.45) is 2.96. The molecule has 0 saturated heterocycles. The first-order valence-corrected chi connectivity index (χ1v) is 10.1. The molecule has 0 unspecified atom stereocenters. The van der Waals surface area contributed by atoms with Gasteiger partial charge in [-0.25, -0.2) is 4.39 Å². The summed E-state index contributed by atoms with van der Waals surface area (Å²) in [5.74, 6) is 0.409. The van der Waals surface area contributed by atoms with Gasteiger partial charge in [-0.3, -0.25) is 9.59 Å². The van der Waals surface area contributed by atoms with Gasteiger partial charge in [0.1, 0.15) is 23.9 Å². The number of fused-ring (bicyclic) bond motifs is 1. The second-order valence-corrected chi connectivity index (χ2v) is 7.05. The zero-order valence-electron chi connectivity index (χ0n) is 17.2. The van der Waals surface area contributed by atoms with Gasteiger partial charge in [-0.1, -0.05) is 30.3 Å². The SMILES string of the molecule is O=C(/C=C/c1ccc(F)cc1)Nc1ccc2c(c1)OCC(=O)N2CCOc1ccccc1. The van der Waals surface area contributed by atoms with Crippen LogP contribution in [0.2, 0.25) is 0 Å². The quantitative estimate of drug-likeness (QED) is 0.566. The number of hydrogen-bond acceptors (Lipinski definition) is 4. The maximum atomic E-state index is 13.0. The zero-order chi connectivity index (χ0) is 22.3. The standard InChI is InChI=1S/C25H21FN2O4/c26-19-9-6-18(7-10-19)8-13-24(29)27-20-11-12-22-23(16-20)32-17-25(30)28(22)14-15-31-21-4-2-1-3-5-21/h1-13,16H,14-15,17H2,(H,27,29)/b13-8+. The van der Waals surface area contributed by atoms with Crippen molar-refractivity contribution >= 4 is 29.3 Å². The van der Waals surface area contributed by atoms with Crippen molar-refractivity contribution in [3.63, 3.8) is 0 Å². The predicted octanol–water partition coefficient (Wildman–Crippen LogP) is 4.28. The average Bonchev–Trinajstić information content (AvgIpc) is 2.81. The Kier molecular flexibility index (Phi) is 6.46. The largest absolute Gasteiger partial charge is 0.492 e. The van der Waals surface area contributed by atoms with Gasteiger partial charge in [0.25, 0.3) is 5.91 Å². The van der Waals surface area contributed by atoms with Crippen molar-refractivity contribution in [2.75, 3.05) is 30.0 Å².